The molecule has 1 atom stereocenters. The molecule has 1 unspecified atom stereocenters. The van der Waals surface area contributed by atoms with E-state index in [2.05, 4.69) is 14.9 Å². The van der Waals surface area contributed by atoms with Crippen molar-refractivity contribution in [2.45, 2.75) is 44.6 Å². The normalized spacial score (nSPS) is 21.7. The Kier molecular flexibility index (Phi) is 3.06. The first-order valence-electron chi connectivity index (χ1n) is 7.57. The molecule has 1 aliphatic carbocycles. The van der Waals surface area contributed by atoms with Crippen molar-refractivity contribution in [1.82, 2.24) is 9.97 Å². The molecule has 1 amide bonds. The molecule has 0 saturated carbocycles. The van der Waals surface area contributed by atoms with E-state index in [1.54, 1.807) is 17.7 Å². The molecule has 0 radical (unpaired) electrons. The summed E-state index contributed by atoms with van der Waals surface area (Å²) in [5.74, 6) is 0.670. The van der Waals surface area contributed by atoms with E-state index in [0.717, 1.165) is 42.9 Å². The monoisotopic (exact) mass is 302 g/mol. The van der Waals surface area contributed by atoms with Gasteiger partial charge in [0, 0.05) is 11.4 Å². The first-order valence-corrected chi connectivity index (χ1v) is 8.38. The number of carbonyl (C=O) groups excluding carboxylic acids is 1. The van der Waals surface area contributed by atoms with Gasteiger partial charge in [-0.15, -0.1) is 11.3 Å². The summed E-state index contributed by atoms with van der Waals surface area (Å²) in [6.07, 6.45) is 8.18. The fourth-order valence-corrected chi connectivity index (χ4v) is 4.83. The Balaban J connectivity index is 1.88. The number of carbonyl (C=O) groups is 1. The fourth-order valence-electron chi connectivity index (χ4n) is 3.61. The fraction of sp³-hybridized carbons (Fsp3) is 0.533. The van der Waals surface area contributed by atoms with E-state index in [1.165, 1.54) is 28.7 Å². The number of primary amides is 1. The van der Waals surface area contributed by atoms with Crippen molar-refractivity contribution >= 4 is 33.3 Å². The standard InChI is InChI=1S/C15H18N4OS/c16-13(20)10-5-3-7-19(10)14-12-9-4-1-2-6-11(9)21-15(12)18-8-17-14/h8,10H,1-7H2,(H2,16,20). The lowest BCUT2D eigenvalue weighted by atomic mass is 9.97. The summed E-state index contributed by atoms with van der Waals surface area (Å²) >= 11 is 1.79. The van der Waals surface area contributed by atoms with Crippen molar-refractivity contribution in [1.29, 1.82) is 0 Å². The van der Waals surface area contributed by atoms with Crippen LogP contribution in [-0.2, 0) is 17.6 Å². The summed E-state index contributed by atoms with van der Waals surface area (Å²) in [6, 6.07) is -0.220. The van der Waals surface area contributed by atoms with Crippen molar-refractivity contribution in [3.05, 3.63) is 16.8 Å². The highest BCUT2D eigenvalue weighted by Gasteiger charge is 2.32. The molecule has 2 aromatic rings. The number of anilines is 1. The van der Waals surface area contributed by atoms with Crippen LogP contribution in [0.3, 0.4) is 0 Å². The maximum absolute atomic E-state index is 11.7. The highest BCUT2D eigenvalue weighted by Crippen LogP contribution is 2.40. The zero-order chi connectivity index (χ0) is 14.4. The lowest BCUT2D eigenvalue weighted by Crippen LogP contribution is -2.40. The summed E-state index contributed by atoms with van der Waals surface area (Å²) in [6.45, 7) is 0.852. The number of aryl methyl sites for hydroxylation is 2. The summed E-state index contributed by atoms with van der Waals surface area (Å²) < 4.78 is 0. The lowest BCUT2D eigenvalue weighted by molar-refractivity contribution is -0.119. The molecular weight excluding hydrogens is 284 g/mol. The third-order valence-corrected chi connectivity index (χ3v) is 5.78. The smallest absolute Gasteiger partial charge is 0.240 e. The van der Waals surface area contributed by atoms with Gasteiger partial charge in [-0.1, -0.05) is 0 Å². The maximum atomic E-state index is 11.7. The molecule has 2 aliphatic rings. The van der Waals surface area contributed by atoms with Gasteiger partial charge in [0.15, 0.2) is 0 Å². The van der Waals surface area contributed by atoms with E-state index >= 15 is 0 Å². The molecule has 1 saturated heterocycles. The topological polar surface area (TPSA) is 72.1 Å². The zero-order valence-corrected chi connectivity index (χ0v) is 12.7. The summed E-state index contributed by atoms with van der Waals surface area (Å²) in [7, 11) is 0. The van der Waals surface area contributed by atoms with Gasteiger partial charge in [-0.05, 0) is 44.1 Å². The predicted molar refractivity (Wildman–Crippen MR) is 83.6 cm³/mol. The Morgan fingerprint density at radius 3 is 3.00 bits per heavy atom. The SMILES string of the molecule is NC(=O)C1CCCN1c1ncnc2sc3c(c12)CCCC3. The molecule has 6 heteroatoms. The van der Waals surface area contributed by atoms with Crippen LogP contribution in [0.15, 0.2) is 6.33 Å². The van der Waals surface area contributed by atoms with Crippen LogP contribution in [0.2, 0.25) is 0 Å². The minimum absolute atomic E-state index is 0.220. The van der Waals surface area contributed by atoms with Crippen molar-refractivity contribution in [2.24, 2.45) is 5.73 Å². The molecule has 1 aliphatic heterocycles. The third-order valence-electron chi connectivity index (χ3n) is 4.58. The second-order valence-electron chi connectivity index (χ2n) is 5.84. The van der Waals surface area contributed by atoms with Gasteiger partial charge in [0.05, 0.1) is 5.39 Å². The van der Waals surface area contributed by atoms with Crippen LogP contribution in [-0.4, -0.2) is 28.5 Å². The number of rotatable bonds is 2. The van der Waals surface area contributed by atoms with Gasteiger partial charge >= 0.3 is 0 Å². The average molecular weight is 302 g/mol. The average Bonchev–Trinajstić information content (AvgIpc) is 3.11. The van der Waals surface area contributed by atoms with Crippen LogP contribution in [0, 0.1) is 0 Å². The minimum Gasteiger partial charge on any atom is -0.368 e. The molecule has 4 rings (SSSR count). The maximum Gasteiger partial charge on any atom is 0.240 e. The van der Waals surface area contributed by atoms with E-state index in [0.29, 0.717) is 0 Å². The highest BCUT2D eigenvalue weighted by atomic mass is 32.1. The van der Waals surface area contributed by atoms with Gasteiger partial charge in [-0.3, -0.25) is 4.79 Å². The second-order valence-corrected chi connectivity index (χ2v) is 6.93. The van der Waals surface area contributed by atoms with Crippen molar-refractivity contribution < 1.29 is 4.79 Å². The van der Waals surface area contributed by atoms with E-state index in [9.17, 15) is 4.79 Å². The number of hydrogen-bond acceptors (Lipinski definition) is 5. The Labute approximate surface area is 127 Å². The largest absolute Gasteiger partial charge is 0.368 e. The third kappa shape index (κ3) is 2.00. The molecule has 110 valence electrons. The molecule has 2 aromatic heterocycles. The van der Waals surface area contributed by atoms with Gasteiger partial charge < -0.3 is 10.6 Å². The summed E-state index contributed by atoms with van der Waals surface area (Å²) in [5.41, 5.74) is 6.97. The van der Waals surface area contributed by atoms with Gasteiger partial charge in [-0.25, -0.2) is 9.97 Å². The number of fused-ring (bicyclic) bond motifs is 3. The molecule has 3 heterocycles. The van der Waals surface area contributed by atoms with E-state index in [4.69, 9.17) is 5.73 Å². The number of thiophene rings is 1. The minimum atomic E-state index is -0.247. The van der Waals surface area contributed by atoms with Gasteiger partial charge in [0.2, 0.25) is 5.91 Å². The second kappa shape index (κ2) is 4.94. The number of amides is 1. The quantitative estimate of drug-likeness (QED) is 0.921. The number of nitrogens with zero attached hydrogens (tertiary/aromatic N) is 3. The van der Waals surface area contributed by atoms with Crippen LogP contribution in [0.4, 0.5) is 5.82 Å². The predicted octanol–water partition coefficient (Wildman–Crippen LogP) is 2.02. The summed E-state index contributed by atoms with van der Waals surface area (Å²) in [5, 5.41) is 1.17. The zero-order valence-electron chi connectivity index (χ0n) is 11.8. The first kappa shape index (κ1) is 13.0. The van der Waals surface area contributed by atoms with Crippen LogP contribution in [0.5, 0.6) is 0 Å². The number of hydrogen-bond donors (Lipinski definition) is 1. The molecule has 21 heavy (non-hydrogen) atoms. The molecule has 1 fully saturated rings. The Bertz CT molecular complexity index is 711. The Morgan fingerprint density at radius 1 is 1.29 bits per heavy atom. The Hall–Kier alpha value is -1.69. The van der Waals surface area contributed by atoms with Crippen LogP contribution in [0.25, 0.3) is 10.2 Å². The van der Waals surface area contributed by atoms with Crippen LogP contribution >= 0.6 is 11.3 Å². The lowest BCUT2D eigenvalue weighted by Gasteiger charge is -2.24. The van der Waals surface area contributed by atoms with Crippen molar-refractivity contribution in [3.63, 3.8) is 0 Å². The van der Waals surface area contributed by atoms with Gasteiger partial charge in [0.1, 0.15) is 23.0 Å². The van der Waals surface area contributed by atoms with Gasteiger partial charge in [0.25, 0.3) is 0 Å². The molecule has 5 nitrogen and oxygen atoms in total. The molecular formula is C15H18N4OS. The first-order chi connectivity index (χ1) is 10.3. The number of aromatic nitrogens is 2. The molecule has 2 N–H and O–H groups in total. The van der Waals surface area contributed by atoms with E-state index < -0.39 is 0 Å². The van der Waals surface area contributed by atoms with E-state index in [-0.39, 0.29) is 11.9 Å². The van der Waals surface area contributed by atoms with Gasteiger partial charge in [-0.2, -0.15) is 0 Å². The molecule has 0 bridgehead atoms. The molecule has 0 aromatic carbocycles. The van der Waals surface area contributed by atoms with Crippen molar-refractivity contribution in [2.75, 3.05) is 11.4 Å². The Morgan fingerprint density at radius 2 is 2.14 bits per heavy atom. The summed E-state index contributed by atoms with van der Waals surface area (Å²) in [4.78, 5) is 25.3. The molecule has 0 spiro atoms. The number of nitrogens with two attached hydrogens (primary N) is 1. The van der Waals surface area contributed by atoms with Crippen molar-refractivity contribution in [3.8, 4) is 0 Å². The van der Waals surface area contributed by atoms with Crippen LogP contribution < -0.4 is 10.6 Å². The van der Waals surface area contributed by atoms with Crippen LogP contribution in [0.1, 0.15) is 36.1 Å². The van der Waals surface area contributed by atoms with E-state index in [1.807, 2.05) is 0 Å². The highest BCUT2D eigenvalue weighted by molar-refractivity contribution is 7.19.